The van der Waals surface area contributed by atoms with Crippen molar-refractivity contribution < 1.29 is 4.79 Å². The molecule has 0 amide bonds. The van der Waals surface area contributed by atoms with Crippen molar-refractivity contribution in [2.45, 2.75) is 39.5 Å². The van der Waals surface area contributed by atoms with E-state index in [9.17, 15) is 4.79 Å². The van der Waals surface area contributed by atoms with Gasteiger partial charge in [-0.05, 0) is 43.8 Å². The number of ketones is 1. The Labute approximate surface area is 98.6 Å². The molecule has 0 bridgehead atoms. The molecule has 0 heterocycles. The number of allylic oxidation sites excluding steroid dienone is 4. The Hall–Kier alpha value is -1.73. The predicted molar refractivity (Wildman–Crippen MR) is 68.7 cm³/mol. The van der Waals surface area contributed by atoms with Gasteiger partial charge in [0.05, 0.1) is 0 Å². The molecule has 0 aliphatic carbocycles. The fourth-order valence-corrected chi connectivity index (χ4v) is 1.03. The molecule has 0 unspecified atom stereocenters. The molecule has 0 N–H and O–H groups in total. The Balaban J connectivity index is 3.71. The van der Waals surface area contributed by atoms with E-state index < -0.39 is 0 Å². The molecule has 16 heavy (non-hydrogen) atoms. The van der Waals surface area contributed by atoms with E-state index in [1.807, 2.05) is 26.0 Å². The van der Waals surface area contributed by atoms with E-state index in [0.717, 1.165) is 12.8 Å². The van der Waals surface area contributed by atoms with E-state index in [2.05, 4.69) is 23.7 Å². The summed E-state index contributed by atoms with van der Waals surface area (Å²) in [6.45, 7) is 3.93. The summed E-state index contributed by atoms with van der Waals surface area (Å²) in [4.78, 5) is 11.2. The first kappa shape index (κ1) is 14.3. The summed E-state index contributed by atoms with van der Waals surface area (Å²) >= 11 is 0. The summed E-state index contributed by atoms with van der Waals surface area (Å²) in [7, 11) is 0. The number of Topliss-reactive ketones (excluding diaryl/α,β-unsaturated/α-hetero) is 1. The molecule has 0 aliphatic heterocycles. The molecular weight excluding hydrogens is 196 g/mol. The van der Waals surface area contributed by atoms with E-state index in [0.29, 0.717) is 18.6 Å². The van der Waals surface area contributed by atoms with Crippen LogP contribution in [0.4, 0.5) is 0 Å². The third kappa shape index (κ3) is 10.4. The topological polar surface area (TPSA) is 17.1 Å². The summed E-state index contributed by atoms with van der Waals surface area (Å²) < 4.78 is 0. The second-order valence-electron chi connectivity index (χ2n) is 3.27. The predicted octanol–water partition coefficient (Wildman–Crippen LogP) is 3.27. The standard InChI is InChI=1S/C15H18O/c1-3-5-6-7-8-9-10-11-12-14-15(16)13-4-2/h3,5,10-11H,4,12-14H2,1-2H3/b5-3+,11-10+. The fourth-order valence-electron chi connectivity index (χ4n) is 1.03. The molecule has 0 rings (SSSR count). The Bertz CT molecular complexity index is 364. The highest BCUT2D eigenvalue weighted by Gasteiger charge is 1.96. The Morgan fingerprint density at radius 1 is 1.12 bits per heavy atom. The van der Waals surface area contributed by atoms with Gasteiger partial charge in [-0.15, -0.1) is 0 Å². The monoisotopic (exact) mass is 214 g/mol. The molecule has 0 aliphatic rings. The maximum atomic E-state index is 11.2. The number of hydrogen-bond donors (Lipinski definition) is 0. The van der Waals surface area contributed by atoms with Crippen LogP contribution >= 0.6 is 0 Å². The zero-order chi connectivity index (χ0) is 12.1. The first-order valence-corrected chi connectivity index (χ1v) is 5.60. The third-order valence-electron chi connectivity index (χ3n) is 1.78. The summed E-state index contributed by atoms with van der Waals surface area (Å²) in [5.74, 6) is 11.3. The lowest BCUT2D eigenvalue weighted by atomic mass is 10.1. The highest BCUT2D eigenvalue weighted by molar-refractivity contribution is 5.78. The van der Waals surface area contributed by atoms with Crippen molar-refractivity contribution in [3.63, 3.8) is 0 Å². The minimum Gasteiger partial charge on any atom is -0.300 e. The van der Waals surface area contributed by atoms with E-state index in [1.165, 1.54) is 0 Å². The van der Waals surface area contributed by atoms with Crippen molar-refractivity contribution in [2.24, 2.45) is 0 Å². The van der Waals surface area contributed by atoms with Crippen LogP contribution in [0.25, 0.3) is 0 Å². The van der Waals surface area contributed by atoms with Crippen molar-refractivity contribution in [1.29, 1.82) is 0 Å². The van der Waals surface area contributed by atoms with E-state index in [4.69, 9.17) is 0 Å². The molecule has 0 aromatic rings. The lowest BCUT2D eigenvalue weighted by Crippen LogP contribution is -1.94. The van der Waals surface area contributed by atoms with Gasteiger partial charge in [-0.25, -0.2) is 0 Å². The maximum absolute atomic E-state index is 11.2. The molecule has 1 nitrogen and oxygen atoms in total. The second-order valence-corrected chi connectivity index (χ2v) is 3.27. The van der Waals surface area contributed by atoms with Crippen LogP contribution in [-0.4, -0.2) is 5.78 Å². The molecular formula is C15H18O. The molecule has 0 fully saturated rings. The summed E-state index contributed by atoms with van der Waals surface area (Å²) in [5, 5.41) is 0. The Morgan fingerprint density at radius 3 is 2.44 bits per heavy atom. The van der Waals surface area contributed by atoms with E-state index in [1.54, 1.807) is 12.2 Å². The summed E-state index contributed by atoms with van der Waals surface area (Å²) in [6.07, 6.45) is 10.3. The van der Waals surface area contributed by atoms with Gasteiger partial charge >= 0.3 is 0 Å². The second kappa shape index (κ2) is 11.3. The molecule has 0 saturated carbocycles. The minimum atomic E-state index is 0.327. The first-order chi connectivity index (χ1) is 7.81. The third-order valence-corrected chi connectivity index (χ3v) is 1.78. The van der Waals surface area contributed by atoms with Crippen LogP contribution in [0.15, 0.2) is 24.3 Å². The number of carbonyl (C=O) groups excluding carboxylic acids is 1. The van der Waals surface area contributed by atoms with Crippen LogP contribution in [0.5, 0.6) is 0 Å². The van der Waals surface area contributed by atoms with Gasteiger partial charge in [0, 0.05) is 12.8 Å². The van der Waals surface area contributed by atoms with Gasteiger partial charge in [-0.3, -0.25) is 4.79 Å². The zero-order valence-electron chi connectivity index (χ0n) is 10.0. The molecule has 0 aromatic carbocycles. The normalized spacial score (nSPS) is 9.62. The number of rotatable bonds is 5. The molecule has 0 spiro atoms. The van der Waals surface area contributed by atoms with Gasteiger partial charge in [0.25, 0.3) is 0 Å². The Kier molecular flexibility index (Phi) is 10.1. The lowest BCUT2D eigenvalue weighted by molar-refractivity contribution is -0.119. The van der Waals surface area contributed by atoms with Gasteiger partial charge in [0.2, 0.25) is 0 Å². The number of hydrogen-bond acceptors (Lipinski definition) is 1. The van der Waals surface area contributed by atoms with Gasteiger partial charge in [0.15, 0.2) is 0 Å². The van der Waals surface area contributed by atoms with Gasteiger partial charge < -0.3 is 0 Å². The molecule has 0 saturated heterocycles. The van der Waals surface area contributed by atoms with Gasteiger partial charge in [-0.1, -0.05) is 30.9 Å². The SMILES string of the molecule is C/C=C/C#CC#C/C=C/CCC(=O)CCC. The van der Waals surface area contributed by atoms with Crippen LogP contribution < -0.4 is 0 Å². The summed E-state index contributed by atoms with van der Waals surface area (Å²) in [5.41, 5.74) is 0. The van der Waals surface area contributed by atoms with Crippen LogP contribution in [0.2, 0.25) is 0 Å². The smallest absolute Gasteiger partial charge is 0.133 e. The fraction of sp³-hybridized carbons (Fsp3) is 0.400. The Morgan fingerprint density at radius 2 is 1.81 bits per heavy atom. The molecule has 84 valence electrons. The number of carbonyl (C=O) groups is 1. The minimum absolute atomic E-state index is 0.327. The van der Waals surface area contributed by atoms with Crippen LogP contribution in [0.3, 0.4) is 0 Å². The first-order valence-electron chi connectivity index (χ1n) is 5.60. The van der Waals surface area contributed by atoms with Crippen molar-refractivity contribution in [2.75, 3.05) is 0 Å². The van der Waals surface area contributed by atoms with Crippen molar-refractivity contribution in [1.82, 2.24) is 0 Å². The largest absolute Gasteiger partial charge is 0.300 e. The average molecular weight is 214 g/mol. The zero-order valence-corrected chi connectivity index (χ0v) is 10.0. The van der Waals surface area contributed by atoms with Crippen molar-refractivity contribution in [3.8, 4) is 23.7 Å². The maximum Gasteiger partial charge on any atom is 0.133 e. The van der Waals surface area contributed by atoms with E-state index >= 15 is 0 Å². The van der Waals surface area contributed by atoms with Gasteiger partial charge in [0.1, 0.15) is 5.78 Å². The van der Waals surface area contributed by atoms with Crippen LogP contribution in [0.1, 0.15) is 39.5 Å². The van der Waals surface area contributed by atoms with Crippen molar-refractivity contribution >= 4 is 5.78 Å². The highest BCUT2D eigenvalue weighted by Crippen LogP contribution is 1.98. The summed E-state index contributed by atoms with van der Waals surface area (Å²) in [6, 6.07) is 0. The molecule has 0 atom stereocenters. The highest BCUT2D eigenvalue weighted by atomic mass is 16.1. The van der Waals surface area contributed by atoms with Gasteiger partial charge in [-0.2, -0.15) is 0 Å². The lowest BCUT2D eigenvalue weighted by Gasteiger charge is -1.92. The quantitative estimate of drug-likeness (QED) is 0.642. The van der Waals surface area contributed by atoms with Crippen LogP contribution in [-0.2, 0) is 4.79 Å². The molecule has 0 radical (unpaired) electrons. The molecule has 0 aromatic heterocycles. The van der Waals surface area contributed by atoms with E-state index in [-0.39, 0.29) is 0 Å². The molecule has 1 heteroatoms. The van der Waals surface area contributed by atoms with Crippen LogP contribution in [0, 0.1) is 23.7 Å². The van der Waals surface area contributed by atoms with Crippen molar-refractivity contribution in [3.05, 3.63) is 24.3 Å². The average Bonchev–Trinajstić information content (AvgIpc) is 2.27.